The lowest BCUT2D eigenvalue weighted by molar-refractivity contribution is -0.384. The molecule has 0 saturated carbocycles. The van der Waals surface area contributed by atoms with Gasteiger partial charge in [-0.15, -0.1) is 0 Å². The summed E-state index contributed by atoms with van der Waals surface area (Å²) < 4.78 is 5.29. The van der Waals surface area contributed by atoms with Crippen LogP contribution in [0.2, 0.25) is 0 Å². The minimum Gasteiger partial charge on any atom is -0.444 e. The maximum Gasteiger partial charge on any atom is 0.407 e. The number of rotatable bonds is 7. The average molecular weight is 441 g/mol. The van der Waals surface area contributed by atoms with Crippen LogP contribution in [0.3, 0.4) is 0 Å². The van der Waals surface area contributed by atoms with Crippen LogP contribution < -0.4 is 5.32 Å². The second kappa shape index (κ2) is 10.6. The van der Waals surface area contributed by atoms with Gasteiger partial charge in [0.05, 0.1) is 29.0 Å². The average Bonchev–Trinajstić information content (AvgIpc) is 3.19. The highest BCUT2D eigenvalue weighted by atomic mass is 16.6. The second-order valence-corrected chi connectivity index (χ2v) is 8.69. The molecule has 0 bridgehead atoms. The molecule has 0 radical (unpaired) electrons. The zero-order chi connectivity index (χ0) is 23.9. The monoisotopic (exact) mass is 441 g/mol. The Balaban J connectivity index is 2.21. The van der Waals surface area contributed by atoms with Crippen molar-refractivity contribution in [1.82, 2.24) is 10.2 Å². The van der Waals surface area contributed by atoms with Crippen LogP contribution in [0.1, 0.15) is 45.6 Å². The van der Waals surface area contributed by atoms with Crippen LogP contribution in [-0.2, 0) is 16.0 Å². The fourth-order valence-electron chi connectivity index (χ4n) is 3.54. The number of non-ortho nitro benzene ring substituents is 1. The van der Waals surface area contributed by atoms with E-state index in [1.807, 2.05) is 0 Å². The Hall–Kier alpha value is -3.66. The summed E-state index contributed by atoms with van der Waals surface area (Å²) in [5, 5.41) is 32.6. The number of benzene rings is 1. The highest BCUT2D eigenvalue weighted by Gasteiger charge is 2.34. The SMILES string of the molecule is CC(C)(C)OC(=O)NC(CC(=O)N1CCCC1C#N)C(C#N)Cc1ccc([N+](=O)[O-])cc1. The molecule has 1 aliphatic heterocycles. The fraction of sp³-hybridized carbons (Fsp3) is 0.545. The maximum absolute atomic E-state index is 12.9. The van der Waals surface area contributed by atoms with E-state index >= 15 is 0 Å². The van der Waals surface area contributed by atoms with Crippen LogP contribution in [0.25, 0.3) is 0 Å². The van der Waals surface area contributed by atoms with Gasteiger partial charge in [-0.1, -0.05) is 12.1 Å². The van der Waals surface area contributed by atoms with E-state index in [9.17, 15) is 30.2 Å². The summed E-state index contributed by atoms with van der Waals surface area (Å²) in [5.74, 6) is -1.12. The van der Waals surface area contributed by atoms with Crippen molar-refractivity contribution in [2.24, 2.45) is 5.92 Å². The van der Waals surface area contributed by atoms with Gasteiger partial charge in [-0.05, 0) is 45.6 Å². The molecule has 1 aliphatic rings. The van der Waals surface area contributed by atoms with Gasteiger partial charge in [0.15, 0.2) is 0 Å². The number of hydrogen-bond donors (Lipinski definition) is 1. The number of carbonyl (C=O) groups is 2. The Morgan fingerprint density at radius 2 is 1.97 bits per heavy atom. The van der Waals surface area contributed by atoms with Gasteiger partial charge in [0, 0.05) is 25.1 Å². The first-order valence-corrected chi connectivity index (χ1v) is 10.4. The summed E-state index contributed by atoms with van der Waals surface area (Å²) in [7, 11) is 0. The van der Waals surface area contributed by atoms with Crippen LogP contribution in [-0.4, -0.2) is 46.1 Å². The molecule has 0 aromatic heterocycles. The molecule has 1 aromatic rings. The Morgan fingerprint density at radius 3 is 2.50 bits per heavy atom. The van der Waals surface area contributed by atoms with E-state index in [2.05, 4.69) is 17.5 Å². The molecule has 32 heavy (non-hydrogen) atoms. The fourth-order valence-corrected chi connectivity index (χ4v) is 3.54. The molecular formula is C22H27N5O5. The van der Waals surface area contributed by atoms with Crippen molar-refractivity contribution in [2.75, 3.05) is 6.54 Å². The van der Waals surface area contributed by atoms with Gasteiger partial charge in [-0.3, -0.25) is 14.9 Å². The molecule has 10 heteroatoms. The maximum atomic E-state index is 12.9. The molecule has 0 aliphatic carbocycles. The number of nitro groups is 1. The van der Waals surface area contributed by atoms with E-state index in [4.69, 9.17) is 4.74 Å². The summed E-state index contributed by atoms with van der Waals surface area (Å²) >= 11 is 0. The third kappa shape index (κ3) is 6.95. The van der Waals surface area contributed by atoms with E-state index in [1.165, 1.54) is 17.0 Å². The Bertz CT molecular complexity index is 926. The molecule has 1 saturated heterocycles. The Labute approximate surface area is 186 Å². The minimum absolute atomic E-state index is 0.0718. The number of likely N-dealkylation sites (tertiary alicyclic amines) is 1. The van der Waals surface area contributed by atoms with E-state index in [1.54, 1.807) is 32.9 Å². The lowest BCUT2D eigenvalue weighted by atomic mass is 9.91. The quantitative estimate of drug-likeness (QED) is 0.504. The Morgan fingerprint density at radius 1 is 1.31 bits per heavy atom. The molecule has 1 fully saturated rings. The zero-order valence-corrected chi connectivity index (χ0v) is 18.4. The minimum atomic E-state index is -0.863. The first-order chi connectivity index (χ1) is 15.0. The number of carbonyl (C=O) groups excluding carboxylic acids is 2. The topological polar surface area (TPSA) is 149 Å². The molecule has 0 spiro atoms. The van der Waals surface area contributed by atoms with Crippen LogP contribution >= 0.6 is 0 Å². The van der Waals surface area contributed by atoms with Crippen molar-refractivity contribution >= 4 is 17.7 Å². The van der Waals surface area contributed by atoms with Crippen LogP contribution in [0.4, 0.5) is 10.5 Å². The van der Waals surface area contributed by atoms with Gasteiger partial charge in [-0.2, -0.15) is 10.5 Å². The second-order valence-electron chi connectivity index (χ2n) is 8.69. The van der Waals surface area contributed by atoms with Crippen molar-refractivity contribution in [3.05, 3.63) is 39.9 Å². The number of nitrogens with one attached hydrogen (secondary N) is 1. The summed E-state index contributed by atoms with van der Waals surface area (Å²) in [6.07, 6.45) is 0.569. The van der Waals surface area contributed by atoms with Gasteiger partial charge in [0.2, 0.25) is 5.91 Å². The third-order valence-electron chi connectivity index (χ3n) is 5.07. The van der Waals surface area contributed by atoms with Crippen molar-refractivity contribution in [1.29, 1.82) is 10.5 Å². The van der Waals surface area contributed by atoms with Gasteiger partial charge in [0.1, 0.15) is 11.6 Å². The largest absolute Gasteiger partial charge is 0.444 e. The van der Waals surface area contributed by atoms with Crippen molar-refractivity contribution in [3.63, 3.8) is 0 Å². The summed E-state index contributed by atoms with van der Waals surface area (Å²) in [6.45, 7) is 5.56. The molecule has 2 amide bonds. The van der Waals surface area contributed by atoms with Gasteiger partial charge >= 0.3 is 6.09 Å². The molecule has 10 nitrogen and oxygen atoms in total. The summed E-state index contributed by atoms with van der Waals surface area (Å²) in [5.41, 5.74) is -0.181. The molecular weight excluding hydrogens is 414 g/mol. The zero-order valence-electron chi connectivity index (χ0n) is 18.4. The van der Waals surface area contributed by atoms with Crippen molar-refractivity contribution < 1.29 is 19.2 Å². The van der Waals surface area contributed by atoms with Crippen molar-refractivity contribution in [2.45, 2.75) is 64.1 Å². The van der Waals surface area contributed by atoms with Crippen molar-refractivity contribution in [3.8, 4) is 12.1 Å². The van der Waals surface area contributed by atoms with E-state index in [0.29, 0.717) is 18.5 Å². The first-order valence-electron chi connectivity index (χ1n) is 10.4. The predicted molar refractivity (Wildman–Crippen MR) is 114 cm³/mol. The van der Waals surface area contributed by atoms with Gasteiger partial charge < -0.3 is 15.0 Å². The molecule has 2 rings (SSSR count). The molecule has 1 aromatic carbocycles. The van der Waals surface area contributed by atoms with Gasteiger partial charge in [0.25, 0.3) is 5.69 Å². The predicted octanol–water partition coefficient (Wildman–Crippen LogP) is 3.08. The molecule has 1 heterocycles. The lowest BCUT2D eigenvalue weighted by Crippen LogP contribution is -2.47. The van der Waals surface area contributed by atoms with E-state index in [-0.39, 0.29) is 24.4 Å². The van der Waals surface area contributed by atoms with E-state index in [0.717, 1.165) is 6.42 Å². The number of nitriles is 2. The highest BCUT2D eigenvalue weighted by Crippen LogP contribution is 2.22. The standard InChI is InChI=1S/C22H27N5O5/c1-22(2,3)32-21(29)25-19(12-20(28)26-10-4-5-18(26)14-24)16(13-23)11-15-6-8-17(9-7-15)27(30)31/h6-9,16,18-19H,4-5,10-12H2,1-3H3,(H,25,29). The lowest BCUT2D eigenvalue weighted by Gasteiger charge is -2.28. The molecule has 170 valence electrons. The molecule has 3 atom stereocenters. The summed E-state index contributed by atoms with van der Waals surface area (Å²) in [4.78, 5) is 37.1. The summed E-state index contributed by atoms with van der Waals surface area (Å²) in [6, 6.07) is 8.64. The Kier molecular flexibility index (Phi) is 8.14. The third-order valence-corrected chi connectivity index (χ3v) is 5.07. The first kappa shape index (κ1) is 24.6. The van der Waals surface area contributed by atoms with Crippen LogP contribution in [0, 0.1) is 38.7 Å². The van der Waals surface area contributed by atoms with Crippen LogP contribution in [0.5, 0.6) is 0 Å². The number of nitro benzene ring substituents is 1. The molecule has 3 unspecified atom stereocenters. The smallest absolute Gasteiger partial charge is 0.407 e. The van der Waals surface area contributed by atoms with Gasteiger partial charge in [-0.25, -0.2) is 4.79 Å². The van der Waals surface area contributed by atoms with Crippen LogP contribution in [0.15, 0.2) is 24.3 Å². The number of amides is 2. The number of hydrogen-bond acceptors (Lipinski definition) is 7. The number of nitrogens with zero attached hydrogens (tertiary/aromatic N) is 4. The number of alkyl carbamates (subject to hydrolysis) is 1. The highest BCUT2D eigenvalue weighted by molar-refractivity contribution is 5.79. The van der Waals surface area contributed by atoms with E-state index < -0.39 is 34.6 Å². The molecule has 1 N–H and O–H groups in total. The number of ether oxygens (including phenoxy) is 1. The normalized spacial score (nSPS) is 17.5.